The maximum absolute atomic E-state index is 12.6. The molecule has 0 amide bonds. The van der Waals surface area contributed by atoms with Gasteiger partial charge in [0.1, 0.15) is 5.25 Å². The van der Waals surface area contributed by atoms with Crippen molar-refractivity contribution in [3.05, 3.63) is 35.4 Å². The molecule has 0 radical (unpaired) electrons. The minimum atomic E-state index is -3.37. The van der Waals surface area contributed by atoms with Crippen LogP contribution >= 0.6 is 0 Å². The minimum absolute atomic E-state index is 0.275. The molecule has 1 aliphatic rings. The predicted octanol–water partition coefficient (Wildman–Crippen LogP) is 3.57. The second-order valence-electron chi connectivity index (χ2n) is 5.91. The first-order valence-electron chi connectivity index (χ1n) is 7.82. The van der Waals surface area contributed by atoms with Gasteiger partial charge in [0.05, 0.1) is 5.25 Å². The number of hydrogen-bond acceptors (Lipinski definition) is 3. The number of rotatable bonds is 5. The van der Waals surface area contributed by atoms with Gasteiger partial charge in [-0.15, -0.1) is 0 Å². The Hall–Kier alpha value is -1.16. The Morgan fingerprint density at radius 1 is 1.14 bits per heavy atom. The summed E-state index contributed by atoms with van der Waals surface area (Å²) < 4.78 is 25.2. The summed E-state index contributed by atoms with van der Waals surface area (Å²) in [7, 11) is -3.37. The number of Topliss-reactive ketones (excluding diaryl/α,β-unsaturated/α-hetero) is 1. The normalized spacial score (nSPS) is 18.4. The smallest absolute Gasteiger partial charge is 0.180 e. The summed E-state index contributed by atoms with van der Waals surface area (Å²) >= 11 is 0. The Morgan fingerprint density at radius 2 is 1.71 bits per heavy atom. The monoisotopic (exact) mass is 308 g/mol. The molecule has 0 N–H and O–H groups in total. The molecule has 116 valence electrons. The van der Waals surface area contributed by atoms with Crippen molar-refractivity contribution in [2.24, 2.45) is 0 Å². The molecule has 0 aliphatic heterocycles. The van der Waals surface area contributed by atoms with Gasteiger partial charge in [0.2, 0.25) is 0 Å². The lowest BCUT2D eigenvalue weighted by atomic mass is 10.0. The van der Waals surface area contributed by atoms with Gasteiger partial charge < -0.3 is 0 Å². The van der Waals surface area contributed by atoms with E-state index < -0.39 is 15.1 Å². The van der Waals surface area contributed by atoms with Crippen LogP contribution in [0.5, 0.6) is 0 Å². The van der Waals surface area contributed by atoms with E-state index in [0.717, 1.165) is 31.2 Å². The zero-order valence-corrected chi connectivity index (χ0v) is 13.7. The van der Waals surface area contributed by atoms with Gasteiger partial charge in [-0.25, -0.2) is 8.42 Å². The molecule has 4 heteroatoms. The van der Waals surface area contributed by atoms with Gasteiger partial charge in [-0.05, 0) is 31.7 Å². The summed E-state index contributed by atoms with van der Waals surface area (Å²) in [6.07, 6.45) is 5.33. The first-order chi connectivity index (χ1) is 9.96. The fourth-order valence-electron chi connectivity index (χ4n) is 2.97. The van der Waals surface area contributed by atoms with Crippen LogP contribution in [-0.2, 0) is 16.3 Å². The standard InChI is InChI=1S/C17H24O3S/c1-3-14-9-11-15(12-10-14)17(18)13(2)21(19,20)16-7-5-4-6-8-16/h9-13,16H,3-8H2,1-2H3. The van der Waals surface area contributed by atoms with E-state index in [1.54, 1.807) is 19.1 Å². The highest BCUT2D eigenvalue weighted by Gasteiger charge is 2.36. The molecule has 0 saturated heterocycles. The number of carbonyl (C=O) groups is 1. The molecular formula is C17H24O3S. The van der Waals surface area contributed by atoms with Crippen LogP contribution in [0, 0.1) is 0 Å². The Balaban J connectivity index is 2.16. The van der Waals surface area contributed by atoms with Crippen LogP contribution in [0.1, 0.15) is 61.9 Å². The maximum Gasteiger partial charge on any atom is 0.180 e. The summed E-state index contributed by atoms with van der Waals surface area (Å²) in [5.74, 6) is -0.275. The number of benzene rings is 1. The van der Waals surface area contributed by atoms with E-state index in [1.807, 2.05) is 19.1 Å². The lowest BCUT2D eigenvalue weighted by Gasteiger charge is -2.24. The average molecular weight is 308 g/mol. The van der Waals surface area contributed by atoms with Crippen molar-refractivity contribution in [1.29, 1.82) is 0 Å². The summed E-state index contributed by atoms with van der Waals surface area (Å²) in [5.41, 5.74) is 1.65. The molecule has 21 heavy (non-hydrogen) atoms. The summed E-state index contributed by atoms with van der Waals surface area (Å²) in [4.78, 5) is 12.5. The van der Waals surface area contributed by atoms with Gasteiger partial charge in [-0.2, -0.15) is 0 Å². The number of aryl methyl sites for hydroxylation is 1. The van der Waals surface area contributed by atoms with Crippen LogP contribution in [0.2, 0.25) is 0 Å². The lowest BCUT2D eigenvalue weighted by Crippen LogP contribution is -2.36. The first-order valence-corrected chi connectivity index (χ1v) is 9.43. The minimum Gasteiger partial charge on any atom is -0.293 e. The van der Waals surface area contributed by atoms with E-state index in [2.05, 4.69) is 0 Å². The van der Waals surface area contributed by atoms with Crippen molar-refractivity contribution in [2.75, 3.05) is 0 Å². The fraction of sp³-hybridized carbons (Fsp3) is 0.588. The Kier molecular flexibility index (Phi) is 5.20. The third-order valence-electron chi connectivity index (χ3n) is 4.53. The van der Waals surface area contributed by atoms with Gasteiger partial charge in [-0.3, -0.25) is 4.79 Å². The van der Waals surface area contributed by atoms with Gasteiger partial charge >= 0.3 is 0 Å². The molecule has 3 nitrogen and oxygen atoms in total. The maximum atomic E-state index is 12.6. The molecule has 1 atom stereocenters. The first kappa shape index (κ1) is 16.2. The van der Waals surface area contributed by atoms with Gasteiger partial charge in [0.25, 0.3) is 0 Å². The highest BCUT2D eigenvalue weighted by Crippen LogP contribution is 2.27. The third-order valence-corrected chi connectivity index (χ3v) is 7.13. The quantitative estimate of drug-likeness (QED) is 0.781. The zero-order chi connectivity index (χ0) is 15.5. The molecule has 1 unspecified atom stereocenters. The van der Waals surface area contributed by atoms with Gasteiger partial charge in [-0.1, -0.05) is 50.5 Å². The molecule has 0 spiro atoms. The number of carbonyl (C=O) groups excluding carboxylic acids is 1. The van der Waals surface area contributed by atoms with Crippen molar-refractivity contribution in [2.45, 2.75) is 62.9 Å². The van der Waals surface area contributed by atoms with E-state index in [9.17, 15) is 13.2 Å². The van der Waals surface area contributed by atoms with Crippen molar-refractivity contribution < 1.29 is 13.2 Å². The number of sulfone groups is 1. The topological polar surface area (TPSA) is 51.2 Å². The van der Waals surface area contributed by atoms with Crippen LogP contribution in [0.15, 0.2) is 24.3 Å². The molecule has 1 fully saturated rings. The summed E-state index contributed by atoms with van der Waals surface area (Å²) in [5, 5.41) is -1.27. The van der Waals surface area contributed by atoms with Crippen LogP contribution in [0.3, 0.4) is 0 Å². The Labute approximate surface area is 127 Å². The van der Waals surface area contributed by atoms with Crippen LogP contribution in [0.4, 0.5) is 0 Å². The van der Waals surface area contributed by atoms with Gasteiger partial charge in [0, 0.05) is 5.56 Å². The van der Waals surface area contributed by atoms with E-state index in [0.29, 0.717) is 18.4 Å². The van der Waals surface area contributed by atoms with E-state index in [4.69, 9.17) is 0 Å². The Morgan fingerprint density at radius 3 is 2.24 bits per heavy atom. The molecule has 0 aromatic heterocycles. The van der Waals surface area contributed by atoms with Crippen LogP contribution < -0.4 is 0 Å². The Bertz CT molecular complexity index is 581. The molecule has 1 aromatic carbocycles. The molecule has 1 aliphatic carbocycles. The van der Waals surface area contributed by atoms with E-state index in [1.165, 1.54) is 0 Å². The number of hydrogen-bond donors (Lipinski definition) is 0. The lowest BCUT2D eigenvalue weighted by molar-refractivity contribution is 0.0991. The molecule has 1 saturated carbocycles. The summed E-state index contributed by atoms with van der Waals surface area (Å²) in [6, 6.07) is 7.28. The largest absolute Gasteiger partial charge is 0.293 e. The van der Waals surface area contributed by atoms with Crippen LogP contribution in [0.25, 0.3) is 0 Å². The van der Waals surface area contributed by atoms with E-state index in [-0.39, 0.29) is 11.0 Å². The van der Waals surface area contributed by atoms with E-state index >= 15 is 0 Å². The molecular weight excluding hydrogens is 284 g/mol. The van der Waals surface area contributed by atoms with Crippen molar-refractivity contribution in [1.82, 2.24) is 0 Å². The highest BCUT2D eigenvalue weighted by molar-refractivity contribution is 7.93. The summed E-state index contributed by atoms with van der Waals surface area (Å²) in [6.45, 7) is 3.59. The zero-order valence-electron chi connectivity index (χ0n) is 12.8. The second-order valence-corrected chi connectivity index (χ2v) is 8.46. The SMILES string of the molecule is CCc1ccc(C(=O)C(C)S(=O)(=O)C2CCCCC2)cc1. The molecule has 0 heterocycles. The van der Waals surface area contributed by atoms with Crippen molar-refractivity contribution in [3.8, 4) is 0 Å². The average Bonchev–Trinajstić information content (AvgIpc) is 2.54. The fourth-order valence-corrected chi connectivity index (χ4v) is 4.97. The van der Waals surface area contributed by atoms with Crippen molar-refractivity contribution >= 4 is 15.6 Å². The highest BCUT2D eigenvalue weighted by atomic mass is 32.2. The predicted molar refractivity (Wildman–Crippen MR) is 85.4 cm³/mol. The second kappa shape index (κ2) is 6.73. The van der Waals surface area contributed by atoms with Gasteiger partial charge in [0.15, 0.2) is 15.6 Å². The third kappa shape index (κ3) is 3.54. The molecule has 1 aromatic rings. The molecule has 0 bridgehead atoms. The van der Waals surface area contributed by atoms with Crippen molar-refractivity contribution in [3.63, 3.8) is 0 Å². The number of ketones is 1. The molecule has 2 rings (SSSR count). The van der Waals surface area contributed by atoms with Crippen LogP contribution in [-0.4, -0.2) is 24.7 Å².